The summed E-state index contributed by atoms with van der Waals surface area (Å²) in [6, 6.07) is 0. The Morgan fingerprint density at radius 1 is 0.545 bits per heavy atom. The molecule has 0 saturated heterocycles. The van der Waals surface area contributed by atoms with Crippen molar-refractivity contribution in [2.75, 3.05) is 0 Å². The summed E-state index contributed by atoms with van der Waals surface area (Å²) in [4.78, 5) is 26.9. The normalized spacial score (nSPS) is 99.5. The molecule has 13 fully saturated rings. The van der Waals surface area contributed by atoms with Crippen LogP contribution in [-0.2, 0) is 9.59 Å². The fourth-order valence-electron chi connectivity index (χ4n) is 16.0. The zero-order valence-electron chi connectivity index (χ0n) is 12.2. The Bertz CT molecular complexity index is 767. The molecular formula is C20H16O2. The van der Waals surface area contributed by atoms with Crippen LogP contribution in [0, 0.1) is 92.7 Å². The van der Waals surface area contributed by atoms with Gasteiger partial charge in [-0.3, -0.25) is 9.59 Å². The summed E-state index contributed by atoms with van der Waals surface area (Å²) in [7, 11) is 0. The molecule has 8 atom stereocenters. The number of rotatable bonds is 0. The number of hydrogen-bond donors (Lipinski definition) is 0. The quantitative estimate of drug-likeness (QED) is 0.675. The standard InChI is InChI=1S/C20H16O2/c21-15-11-9-10-12(15)18-4-1-3-7-5-2-6(8(4)7)20(18)14(10)16(22)13(9)19(5,20)17(3,11)18/h3-14H,1-2H2. The highest BCUT2D eigenvalue weighted by Crippen LogP contribution is 3.22. The van der Waals surface area contributed by atoms with Crippen LogP contribution >= 0.6 is 0 Å². The van der Waals surface area contributed by atoms with Gasteiger partial charge in [-0.1, -0.05) is 0 Å². The first-order valence-electron chi connectivity index (χ1n) is 9.84. The van der Waals surface area contributed by atoms with Gasteiger partial charge in [-0.15, -0.1) is 0 Å². The van der Waals surface area contributed by atoms with Crippen LogP contribution in [0.2, 0.25) is 0 Å². The molecule has 108 valence electrons. The Balaban J connectivity index is 1.57. The Hall–Kier alpha value is -0.660. The third kappa shape index (κ3) is 0.300. The molecule has 22 heavy (non-hydrogen) atoms. The van der Waals surface area contributed by atoms with Crippen LogP contribution in [0.3, 0.4) is 0 Å². The molecule has 0 radical (unpaired) electrons. The molecule has 13 aliphatic rings. The Morgan fingerprint density at radius 3 is 1.18 bits per heavy atom. The van der Waals surface area contributed by atoms with E-state index in [-0.39, 0.29) is 0 Å². The van der Waals surface area contributed by atoms with E-state index in [2.05, 4.69) is 0 Å². The monoisotopic (exact) mass is 288 g/mol. The molecule has 13 aliphatic carbocycles. The van der Waals surface area contributed by atoms with Gasteiger partial charge in [0.2, 0.25) is 0 Å². The third-order valence-corrected chi connectivity index (χ3v) is 13.6. The first-order chi connectivity index (χ1) is 10.8. The number of hydrogen-bond acceptors (Lipinski definition) is 2. The average Bonchev–Trinajstić information content (AvgIpc) is 3.24. The van der Waals surface area contributed by atoms with Gasteiger partial charge in [0, 0.05) is 23.7 Å². The maximum Gasteiger partial charge on any atom is 0.140 e. The SMILES string of the molecule is O=C1C2C3C4C1C15C6CC7C8C6C6CC8C8(C3C(=O)C4C618)C725. The van der Waals surface area contributed by atoms with Crippen LogP contribution in [-0.4, -0.2) is 11.6 Å². The molecule has 0 aromatic rings. The molecular weight excluding hydrogens is 272 g/mol. The number of carbonyl (C=O) groups excluding carboxylic acids is 2. The van der Waals surface area contributed by atoms with Gasteiger partial charge in [0.1, 0.15) is 11.6 Å². The number of Topliss-reactive ketones (excluding diaryl/α,β-unsaturated/α-hetero) is 2. The lowest BCUT2D eigenvalue weighted by atomic mass is 9.28. The summed E-state index contributed by atoms with van der Waals surface area (Å²) in [6.45, 7) is 0. The highest BCUT2D eigenvalue weighted by molar-refractivity contribution is 6.08. The van der Waals surface area contributed by atoms with Gasteiger partial charge in [-0.2, -0.15) is 0 Å². The summed E-state index contributed by atoms with van der Waals surface area (Å²) < 4.78 is 0. The van der Waals surface area contributed by atoms with Crippen LogP contribution in [0.25, 0.3) is 0 Å². The van der Waals surface area contributed by atoms with Crippen LogP contribution in [0.15, 0.2) is 0 Å². The molecule has 8 unspecified atom stereocenters. The largest absolute Gasteiger partial charge is 0.299 e. The van der Waals surface area contributed by atoms with Gasteiger partial charge in [-0.25, -0.2) is 0 Å². The van der Waals surface area contributed by atoms with Gasteiger partial charge in [0.15, 0.2) is 0 Å². The van der Waals surface area contributed by atoms with E-state index in [9.17, 15) is 9.59 Å². The Kier molecular flexibility index (Phi) is 0.685. The van der Waals surface area contributed by atoms with Crippen molar-refractivity contribution in [1.29, 1.82) is 0 Å². The molecule has 0 aromatic carbocycles. The molecule has 0 aliphatic heterocycles. The number of carbonyl (C=O) groups is 2. The molecule has 0 N–H and O–H groups in total. The molecule has 2 heteroatoms. The summed E-state index contributed by atoms with van der Waals surface area (Å²) in [6.07, 6.45) is 3.00. The molecule has 0 aromatic heterocycles. The second kappa shape index (κ2) is 1.68. The van der Waals surface area contributed by atoms with Gasteiger partial charge in [-0.05, 0) is 81.8 Å². The van der Waals surface area contributed by atoms with Crippen molar-refractivity contribution in [3.8, 4) is 0 Å². The van der Waals surface area contributed by atoms with E-state index in [1.54, 1.807) is 0 Å². The van der Waals surface area contributed by atoms with Crippen molar-refractivity contribution < 1.29 is 9.59 Å². The van der Waals surface area contributed by atoms with E-state index in [0.717, 1.165) is 47.1 Å². The fourth-order valence-corrected chi connectivity index (χ4v) is 16.0. The summed E-state index contributed by atoms with van der Waals surface area (Å²) in [5.74, 6) is 9.77. The van der Waals surface area contributed by atoms with Crippen LogP contribution in [0.4, 0.5) is 0 Å². The summed E-state index contributed by atoms with van der Waals surface area (Å²) in [5, 5.41) is 0. The van der Waals surface area contributed by atoms with E-state index in [4.69, 9.17) is 0 Å². The van der Waals surface area contributed by atoms with Crippen molar-refractivity contribution in [1.82, 2.24) is 0 Å². The maximum atomic E-state index is 13.4. The van der Waals surface area contributed by atoms with Gasteiger partial charge < -0.3 is 0 Å². The second-order valence-corrected chi connectivity index (χ2v) is 11.4. The molecule has 2 nitrogen and oxygen atoms in total. The Labute approximate surface area is 127 Å². The minimum absolute atomic E-state index is 0.400. The van der Waals surface area contributed by atoms with Crippen LogP contribution in [0.5, 0.6) is 0 Å². The molecule has 13 rings (SSSR count). The number of ketones is 2. The first kappa shape index (κ1) is 8.99. The van der Waals surface area contributed by atoms with E-state index < -0.39 is 0 Å². The van der Waals surface area contributed by atoms with Crippen molar-refractivity contribution in [2.24, 2.45) is 92.7 Å². The Morgan fingerprint density at radius 2 is 0.864 bits per heavy atom. The highest BCUT2D eigenvalue weighted by Gasteiger charge is 3.22. The maximum absolute atomic E-state index is 13.4. The lowest BCUT2D eigenvalue weighted by Gasteiger charge is -2.73. The van der Waals surface area contributed by atoms with E-state index in [0.29, 0.717) is 57.2 Å². The predicted molar refractivity (Wildman–Crippen MR) is 70.9 cm³/mol. The third-order valence-electron chi connectivity index (χ3n) is 13.6. The smallest absolute Gasteiger partial charge is 0.140 e. The minimum Gasteiger partial charge on any atom is -0.299 e. The van der Waals surface area contributed by atoms with Crippen molar-refractivity contribution in [3.05, 3.63) is 0 Å². The molecule has 0 heterocycles. The molecule has 8 bridgehead atoms. The van der Waals surface area contributed by atoms with E-state index >= 15 is 0 Å². The van der Waals surface area contributed by atoms with Crippen molar-refractivity contribution in [2.45, 2.75) is 12.8 Å². The topological polar surface area (TPSA) is 34.1 Å². The zero-order chi connectivity index (χ0) is 13.5. The molecule has 13 saturated carbocycles. The first-order valence-corrected chi connectivity index (χ1v) is 9.84. The minimum atomic E-state index is 0.400. The van der Waals surface area contributed by atoms with Crippen molar-refractivity contribution >= 4 is 11.6 Å². The average molecular weight is 288 g/mol. The zero-order valence-corrected chi connectivity index (χ0v) is 12.2. The predicted octanol–water partition coefficient (Wildman–Crippen LogP) is 1.39. The second-order valence-electron chi connectivity index (χ2n) is 11.4. The summed E-state index contributed by atoms with van der Waals surface area (Å²) >= 11 is 0. The summed E-state index contributed by atoms with van der Waals surface area (Å²) in [5.41, 5.74) is 1.71. The lowest BCUT2D eigenvalue weighted by Crippen LogP contribution is -2.73. The van der Waals surface area contributed by atoms with E-state index in [1.165, 1.54) is 12.8 Å². The van der Waals surface area contributed by atoms with E-state index in [1.807, 2.05) is 0 Å². The fraction of sp³-hybridized carbons (Fsp3) is 0.900. The lowest BCUT2D eigenvalue weighted by molar-refractivity contribution is -0.297. The van der Waals surface area contributed by atoms with Gasteiger partial charge in [0.05, 0.1) is 0 Å². The molecule has 4 spiro atoms. The molecule has 0 amide bonds. The van der Waals surface area contributed by atoms with Gasteiger partial charge in [0.25, 0.3) is 0 Å². The van der Waals surface area contributed by atoms with Gasteiger partial charge >= 0.3 is 0 Å². The van der Waals surface area contributed by atoms with Crippen LogP contribution in [0.1, 0.15) is 12.8 Å². The van der Waals surface area contributed by atoms with Crippen LogP contribution < -0.4 is 0 Å². The van der Waals surface area contributed by atoms with Crippen molar-refractivity contribution in [3.63, 3.8) is 0 Å². The highest BCUT2D eigenvalue weighted by atomic mass is 16.1.